The van der Waals surface area contributed by atoms with E-state index < -0.39 is 0 Å². The van der Waals surface area contributed by atoms with Crippen molar-refractivity contribution in [1.82, 2.24) is 19.9 Å². The van der Waals surface area contributed by atoms with E-state index >= 15 is 0 Å². The largest absolute Gasteiger partial charge is 0.497 e. The van der Waals surface area contributed by atoms with Gasteiger partial charge in [-0.2, -0.15) is 5.10 Å². The minimum absolute atomic E-state index is 0.185. The van der Waals surface area contributed by atoms with E-state index in [1.807, 2.05) is 42.6 Å². The summed E-state index contributed by atoms with van der Waals surface area (Å²) in [5.74, 6) is 1.27. The molecule has 3 aromatic rings. The van der Waals surface area contributed by atoms with Crippen LogP contribution in [-0.4, -0.2) is 46.7 Å². The minimum atomic E-state index is 0.185. The number of aryl methyl sites for hydroxylation is 2. The molecule has 1 N–H and O–H groups in total. The number of ether oxygens (including phenoxy) is 1. The van der Waals surface area contributed by atoms with Crippen molar-refractivity contribution < 1.29 is 9.53 Å². The van der Waals surface area contributed by atoms with Gasteiger partial charge < -0.3 is 15.0 Å². The predicted molar refractivity (Wildman–Crippen MR) is 130 cm³/mol. The highest BCUT2D eigenvalue weighted by atomic mass is 16.5. The van der Waals surface area contributed by atoms with Gasteiger partial charge in [-0.3, -0.25) is 4.79 Å². The van der Waals surface area contributed by atoms with E-state index in [0.717, 1.165) is 72.1 Å². The smallest absolute Gasteiger partial charge is 0.223 e. The number of nitrogens with one attached hydrogen (secondary N) is 1. The molecule has 1 saturated heterocycles. The Morgan fingerprint density at radius 1 is 1.09 bits per heavy atom. The zero-order valence-corrected chi connectivity index (χ0v) is 19.8. The Balaban J connectivity index is 1.40. The molecule has 174 valence electrons. The highest BCUT2D eigenvalue weighted by Gasteiger charge is 2.29. The van der Waals surface area contributed by atoms with Crippen LogP contribution in [0.15, 0.2) is 30.3 Å². The molecule has 2 aromatic heterocycles. The molecule has 1 saturated carbocycles. The monoisotopic (exact) mass is 447 g/mol. The molecule has 1 aromatic carbocycles. The number of hydrogen-bond donors (Lipinski definition) is 1. The summed E-state index contributed by atoms with van der Waals surface area (Å²) < 4.78 is 7.28. The molecule has 0 radical (unpaired) electrons. The van der Waals surface area contributed by atoms with E-state index in [-0.39, 0.29) is 17.9 Å². The number of aromatic nitrogens is 3. The zero-order valence-electron chi connectivity index (χ0n) is 19.8. The van der Waals surface area contributed by atoms with E-state index in [4.69, 9.17) is 14.8 Å². The van der Waals surface area contributed by atoms with Crippen molar-refractivity contribution in [3.8, 4) is 17.0 Å². The first-order valence-electron chi connectivity index (χ1n) is 12.1. The number of methoxy groups -OCH3 is 1. The fraction of sp³-hybridized carbons (Fsp3) is 0.500. The van der Waals surface area contributed by atoms with Gasteiger partial charge in [-0.05, 0) is 63.4 Å². The van der Waals surface area contributed by atoms with E-state index in [9.17, 15) is 4.79 Å². The number of fused-ring (bicyclic) bond motifs is 1. The molecule has 0 unspecified atom stereocenters. The highest BCUT2D eigenvalue weighted by Crippen LogP contribution is 2.32. The SMILES string of the molecule is COc1ccc(-c2c(C)nc3c(N4CC[C@@H](NC(=O)C5CCCCC5)C4)cc(C)nn23)cc1. The average molecular weight is 448 g/mol. The lowest BCUT2D eigenvalue weighted by Gasteiger charge is -2.24. The molecule has 1 aliphatic heterocycles. The van der Waals surface area contributed by atoms with Gasteiger partial charge in [0.05, 0.1) is 29.9 Å². The van der Waals surface area contributed by atoms with Crippen molar-refractivity contribution in [3.05, 3.63) is 41.7 Å². The van der Waals surface area contributed by atoms with Crippen LogP contribution in [0.2, 0.25) is 0 Å². The summed E-state index contributed by atoms with van der Waals surface area (Å²) in [6.07, 6.45) is 6.65. The fourth-order valence-corrected chi connectivity index (χ4v) is 5.32. The van der Waals surface area contributed by atoms with Crippen molar-refractivity contribution in [1.29, 1.82) is 0 Å². The first-order chi connectivity index (χ1) is 16.0. The lowest BCUT2D eigenvalue weighted by Crippen LogP contribution is -2.41. The Bertz CT molecular complexity index is 1150. The summed E-state index contributed by atoms with van der Waals surface area (Å²) in [6, 6.07) is 10.3. The second-order valence-electron chi connectivity index (χ2n) is 9.46. The third-order valence-electron chi connectivity index (χ3n) is 7.08. The molecule has 5 rings (SSSR count). The zero-order chi connectivity index (χ0) is 22.9. The lowest BCUT2D eigenvalue weighted by atomic mass is 9.88. The number of carbonyl (C=O) groups excluding carboxylic acids is 1. The molecule has 1 aliphatic carbocycles. The van der Waals surface area contributed by atoms with Crippen LogP contribution in [0.1, 0.15) is 49.9 Å². The lowest BCUT2D eigenvalue weighted by molar-refractivity contribution is -0.126. The van der Waals surface area contributed by atoms with Gasteiger partial charge in [-0.15, -0.1) is 0 Å². The Morgan fingerprint density at radius 3 is 2.58 bits per heavy atom. The Kier molecular flexibility index (Phi) is 5.96. The van der Waals surface area contributed by atoms with Gasteiger partial charge in [0.2, 0.25) is 5.91 Å². The van der Waals surface area contributed by atoms with Gasteiger partial charge in [0, 0.05) is 30.6 Å². The number of carbonyl (C=O) groups is 1. The van der Waals surface area contributed by atoms with Crippen LogP contribution in [0.5, 0.6) is 5.75 Å². The molecule has 33 heavy (non-hydrogen) atoms. The maximum Gasteiger partial charge on any atom is 0.223 e. The number of amides is 1. The third-order valence-corrected chi connectivity index (χ3v) is 7.08. The van der Waals surface area contributed by atoms with Crippen LogP contribution >= 0.6 is 0 Å². The number of hydrogen-bond acceptors (Lipinski definition) is 5. The molecule has 3 heterocycles. The van der Waals surface area contributed by atoms with Crippen LogP contribution in [-0.2, 0) is 4.79 Å². The molecule has 0 spiro atoms. The summed E-state index contributed by atoms with van der Waals surface area (Å²) in [6.45, 7) is 5.76. The van der Waals surface area contributed by atoms with Gasteiger partial charge in [0.15, 0.2) is 5.65 Å². The standard InChI is InChI=1S/C26H33N5O2/c1-17-15-23(30-14-13-21(16-30)28-26(32)20-7-5-4-6-8-20)25-27-18(2)24(31(25)29-17)19-9-11-22(33-3)12-10-19/h9-12,15,20-21H,4-8,13-14,16H2,1-3H3,(H,28,32)/t21-/m1/s1. The third kappa shape index (κ3) is 4.28. The van der Waals surface area contributed by atoms with Crippen molar-refractivity contribution in [2.45, 2.75) is 58.4 Å². The van der Waals surface area contributed by atoms with Gasteiger partial charge in [0.25, 0.3) is 0 Å². The van der Waals surface area contributed by atoms with E-state index in [1.54, 1.807) is 7.11 Å². The molecular weight excluding hydrogens is 414 g/mol. The second kappa shape index (κ2) is 9.04. The first-order valence-corrected chi connectivity index (χ1v) is 12.1. The molecule has 0 bridgehead atoms. The van der Waals surface area contributed by atoms with Crippen LogP contribution in [0.3, 0.4) is 0 Å². The van der Waals surface area contributed by atoms with Crippen molar-refractivity contribution in [3.63, 3.8) is 0 Å². The van der Waals surface area contributed by atoms with Gasteiger partial charge >= 0.3 is 0 Å². The van der Waals surface area contributed by atoms with Crippen LogP contribution < -0.4 is 15.0 Å². The molecule has 1 atom stereocenters. The molecule has 1 amide bonds. The maximum atomic E-state index is 12.7. The number of imidazole rings is 1. The Morgan fingerprint density at radius 2 is 1.85 bits per heavy atom. The number of nitrogens with zero attached hydrogens (tertiary/aromatic N) is 4. The summed E-state index contributed by atoms with van der Waals surface area (Å²) in [4.78, 5) is 20.0. The Labute approximate surface area is 195 Å². The fourth-order valence-electron chi connectivity index (χ4n) is 5.32. The van der Waals surface area contributed by atoms with E-state index in [1.165, 1.54) is 19.3 Å². The summed E-state index contributed by atoms with van der Waals surface area (Å²) in [5, 5.41) is 8.13. The topological polar surface area (TPSA) is 71.8 Å². The summed E-state index contributed by atoms with van der Waals surface area (Å²) in [5.41, 5.74) is 5.89. The van der Waals surface area contributed by atoms with Gasteiger partial charge in [0.1, 0.15) is 5.75 Å². The van der Waals surface area contributed by atoms with Crippen LogP contribution in [0.4, 0.5) is 5.69 Å². The molecule has 2 fully saturated rings. The maximum absolute atomic E-state index is 12.7. The average Bonchev–Trinajstić information content (AvgIpc) is 3.43. The molecule has 7 heteroatoms. The highest BCUT2D eigenvalue weighted by molar-refractivity contribution is 5.80. The molecule has 7 nitrogen and oxygen atoms in total. The number of rotatable bonds is 5. The normalized spacial score (nSPS) is 19.2. The van der Waals surface area contributed by atoms with Crippen molar-refractivity contribution in [2.75, 3.05) is 25.1 Å². The van der Waals surface area contributed by atoms with Crippen LogP contribution in [0, 0.1) is 19.8 Å². The number of benzene rings is 1. The van der Waals surface area contributed by atoms with Crippen LogP contribution in [0.25, 0.3) is 16.9 Å². The second-order valence-corrected chi connectivity index (χ2v) is 9.46. The van der Waals surface area contributed by atoms with Gasteiger partial charge in [-0.1, -0.05) is 19.3 Å². The summed E-state index contributed by atoms with van der Waals surface area (Å²) in [7, 11) is 1.67. The number of anilines is 1. The van der Waals surface area contributed by atoms with Gasteiger partial charge in [-0.25, -0.2) is 9.50 Å². The summed E-state index contributed by atoms with van der Waals surface area (Å²) >= 11 is 0. The minimum Gasteiger partial charge on any atom is -0.497 e. The predicted octanol–water partition coefficient (Wildman–Crippen LogP) is 4.30. The van der Waals surface area contributed by atoms with Crippen molar-refractivity contribution in [2.24, 2.45) is 5.92 Å². The van der Waals surface area contributed by atoms with E-state index in [0.29, 0.717) is 0 Å². The van der Waals surface area contributed by atoms with E-state index in [2.05, 4.69) is 16.3 Å². The first kappa shape index (κ1) is 21.7. The quantitative estimate of drug-likeness (QED) is 0.632. The molecule has 2 aliphatic rings. The molecular formula is C26H33N5O2. The van der Waals surface area contributed by atoms with Crippen molar-refractivity contribution >= 4 is 17.2 Å². The Hall–Kier alpha value is -3.09.